The average Bonchev–Trinajstić information content (AvgIpc) is 3.78. The number of amides is 1. The summed E-state index contributed by atoms with van der Waals surface area (Å²) < 4.78 is 57.5. The second kappa shape index (κ2) is 13.0. The van der Waals surface area contributed by atoms with Gasteiger partial charge in [-0.1, -0.05) is 30.2 Å². The number of hydrogen-bond donors (Lipinski definition) is 0. The predicted octanol–water partition coefficient (Wildman–Crippen LogP) is 7.41. The summed E-state index contributed by atoms with van der Waals surface area (Å²) in [5.41, 5.74) is -0.0902. The Hall–Kier alpha value is -4.89. The lowest BCUT2D eigenvalue weighted by molar-refractivity contribution is 0.0233. The minimum atomic E-state index is -0.742. The number of aromatic nitrogens is 3. The maximum atomic E-state index is 17.0. The van der Waals surface area contributed by atoms with Gasteiger partial charge in [-0.15, -0.1) is 6.42 Å². The molecule has 3 fully saturated rings. The van der Waals surface area contributed by atoms with Gasteiger partial charge in [0, 0.05) is 37.3 Å². The third kappa shape index (κ3) is 6.11. The van der Waals surface area contributed by atoms with Gasteiger partial charge < -0.3 is 19.3 Å². The molecular weight excluding hydrogens is 657 g/mol. The number of terminal acetylenes is 1. The molecule has 0 spiro atoms. The lowest BCUT2D eigenvalue weighted by Gasteiger charge is -2.33. The topological polar surface area (TPSA) is 83.9 Å². The van der Waals surface area contributed by atoms with Crippen molar-refractivity contribution in [3.8, 4) is 29.6 Å². The highest BCUT2D eigenvalue weighted by atomic mass is 19.1. The summed E-state index contributed by atoms with van der Waals surface area (Å²) in [6.45, 7) is 9.45. The highest BCUT2D eigenvalue weighted by molar-refractivity contribution is 6.02. The van der Waals surface area contributed by atoms with Crippen LogP contribution in [0.5, 0.6) is 6.01 Å². The lowest BCUT2D eigenvalue weighted by Crippen LogP contribution is -2.45. The van der Waals surface area contributed by atoms with Crippen LogP contribution in [0.15, 0.2) is 48.4 Å². The number of fused-ring (bicyclic) bond motifs is 3. The number of benzene rings is 2. The summed E-state index contributed by atoms with van der Waals surface area (Å²) in [7, 11) is 1.84. The molecule has 1 unspecified atom stereocenters. The number of pyridine rings is 1. The first-order valence-corrected chi connectivity index (χ1v) is 17.3. The zero-order valence-electron chi connectivity index (χ0n) is 29.5. The van der Waals surface area contributed by atoms with Gasteiger partial charge in [-0.05, 0) is 76.9 Å². The third-order valence-corrected chi connectivity index (χ3v) is 10.5. The molecule has 12 heteroatoms. The fraction of sp³-hybridized carbons (Fsp3) is 0.436. The van der Waals surface area contributed by atoms with E-state index in [9.17, 15) is 13.6 Å². The SMILES string of the molecule is C#Cc1c(F)ccc2cccc(-c3ncc4c(N(C)[C@@H]5CCN(C(=O)OC(C)(C)C)[C@@H]5C)nc(OCC56CCCN5C/C(=C/F)C6)nc4c3F)c12. The summed E-state index contributed by atoms with van der Waals surface area (Å²) in [5, 5.41) is 1.34. The molecule has 5 heterocycles. The number of ether oxygens (including phenoxy) is 2. The van der Waals surface area contributed by atoms with Gasteiger partial charge in [-0.3, -0.25) is 9.88 Å². The Morgan fingerprint density at radius 1 is 1.20 bits per heavy atom. The lowest BCUT2D eigenvalue weighted by atomic mass is 9.94. The first-order chi connectivity index (χ1) is 24.3. The first kappa shape index (κ1) is 34.6. The van der Waals surface area contributed by atoms with Crippen LogP contribution >= 0.6 is 0 Å². The molecular formula is C39H41F3N6O3. The molecule has 51 heavy (non-hydrogen) atoms. The molecule has 0 N–H and O–H groups in total. The van der Waals surface area contributed by atoms with Crippen LogP contribution in [0.3, 0.4) is 0 Å². The molecule has 3 aliphatic heterocycles. The van der Waals surface area contributed by atoms with Crippen LogP contribution in [-0.2, 0) is 4.74 Å². The largest absolute Gasteiger partial charge is 0.461 e. The highest BCUT2D eigenvalue weighted by Crippen LogP contribution is 2.42. The van der Waals surface area contributed by atoms with Crippen LogP contribution in [0.2, 0.25) is 0 Å². The summed E-state index contributed by atoms with van der Waals surface area (Å²) in [5.74, 6) is 1.46. The number of halogens is 3. The molecule has 1 amide bonds. The van der Waals surface area contributed by atoms with Crippen molar-refractivity contribution in [1.29, 1.82) is 0 Å². The van der Waals surface area contributed by atoms with Gasteiger partial charge >= 0.3 is 12.1 Å². The molecule has 0 radical (unpaired) electrons. The number of nitrogens with zero attached hydrogens (tertiary/aromatic N) is 6. The number of rotatable bonds is 6. The molecule has 3 saturated heterocycles. The molecule has 266 valence electrons. The fourth-order valence-electron chi connectivity index (χ4n) is 8.06. The number of carbonyl (C=O) groups excluding carboxylic acids is 1. The average molecular weight is 699 g/mol. The Kier molecular flexibility index (Phi) is 8.82. The molecule has 0 bridgehead atoms. The van der Waals surface area contributed by atoms with Crippen LogP contribution in [0.4, 0.5) is 23.8 Å². The van der Waals surface area contributed by atoms with E-state index in [2.05, 4.69) is 20.8 Å². The van der Waals surface area contributed by atoms with Gasteiger partial charge in [-0.25, -0.2) is 18.0 Å². The Labute approximate surface area is 295 Å². The summed E-state index contributed by atoms with van der Waals surface area (Å²) in [6.07, 6.45) is 10.4. The number of likely N-dealkylation sites (N-methyl/N-ethyl adjacent to an activating group) is 1. The van der Waals surface area contributed by atoms with E-state index in [0.717, 1.165) is 19.4 Å². The number of hydrogen-bond acceptors (Lipinski definition) is 8. The maximum absolute atomic E-state index is 17.0. The van der Waals surface area contributed by atoms with Crippen molar-refractivity contribution in [3.05, 3.63) is 65.6 Å². The molecule has 2 aromatic carbocycles. The third-order valence-electron chi connectivity index (χ3n) is 10.5. The van der Waals surface area contributed by atoms with Crippen molar-refractivity contribution in [2.45, 2.75) is 76.6 Å². The minimum absolute atomic E-state index is 0.0138. The zero-order chi connectivity index (χ0) is 36.2. The van der Waals surface area contributed by atoms with Crippen LogP contribution in [0.1, 0.15) is 58.9 Å². The number of anilines is 1. The van der Waals surface area contributed by atoms with E-state index in [0.29, 0.717) is 65.4 Å². The number of likely N-dealkylation sites (tertiary alicyclic amines) is 1. The van der Waals surface area contributed by atoms with E-state index in [4.69, 9.17) is 20.9 Å². The van der Waals surface area contributed by atoms with Gasteiger partial charge in [0.2, 0.25) is 0 Å². The van der Waals surface area contributed by atoms with Crippen LogP contribution in [0, 0.1) is 24.0 Å². The Bertz CT molecular complexity index is 2110. The van der Waals surface area contributed by atoms with E-state index in [-0.39, 0.29) is 41.5 Å². The van der Waals surface area contributed by atoms with Gasteiger partial charge in [0.1, 0.15) is 35.1 Å². The first-order valence-electron chi connectivity index (χ1n) is 17.3. The maximum Gasteiger partial charge on any atom is 0.410 e. The highest BCUT2D eigenvalue weighted by Gasteiger charge is 2.47. The standard InChI is InChI=1S/C39H41F3N6O3/c1-7-26-29(41)13-12-25-10-8-11-27(31(25)26)33-32(42)34-28(20-43-33)35(46(6)30-14-17-48(23(30)2)37(49)51-38(3,4)5)45-36(44-34)50-22-39-15-9-16-47(39)21-24(18-39)19-40/h1,8,10-13,19-20,23,30H,9,14-18,21-22H2,2-6H3/b24-19+/t23-,30-,39?/m1/s1. The number of carbonyl (C=O) groups is 1. The van der Waals surface area contributed by atoms with Crippen LogP contribution in [0.25, 0.3) is 32.9 Å². The minimum Gasteiger partial charge on any atom is -0.461 e. The summed E-state index contributed by atoms with van der Waals surface area (Å²) in [4.78, 5) is 32.9. The fourth-order valence-corrected chi connectivity index (χ4v) is 8.06. The van der Waals surface area contributed by atoms with Crippen molar-refractivity contribution in [2.24, 2.45) is 0 Å². The van der Waals surface area contributed by atoms with Gasteiger partial charge in [0.05, 0.1) is 34.9 Å². The Morgan fingerprint density at radius 3 is 2.75 bits per heavy atom. The molecule has 3 atom stereocenters. The van der Waals surface area contributed by atoms with Crippen molar-refractivity contribution in [3.63, 3.8) is 0 Å². The van der Waals surface area contributed by atoms with E-state index in [1.807, 2.05) is 39.6 Å². The second-order valence-electron chi connectivity index (χ2n) is 14.8. The Morgan fingerprint density at radius 2 is 2.00 bits per heavy atom. The van der Waals surface area contributed by atoms with Gasteiger partial charge in [-0.2, -0.15) is 9.97 Å². The quantitative estimate of drug-likeness (QED) is 0.193. The molecule has 0 saturated carbocycles. The van der Waals surface area contributed by atoms with Gasteiger partial charge in [0.25, 0.3) is 0 Å². The molecule has 9 nitrogen and oxygen atoms in total. The molecule has 2 aromatic heterocycles. The van der Waals surface area contributed by atoms with Crippen molar-refractivity contribution >= 4 is 33.6 Å². The van der Waals surface area contributed by atoms with Crippen LogP contribution < -0.4 is 9.64 Å². The van der Waals surface area contributed by atoms with E-state index in [1.54, 1.807) is 29.2 Å². The zero-order valence-corrected chi connectivity index (χ0v) is 29.5. The predicted molar refractivity (Wildman–Crippen MR) is 190 cm³/mol. The second-order valence-corrected chi connectivity index (χ2v) is 14.8. The normalized spacial score (nSPS) is 22.9. The molecule has 4 aromatic rings. The molecule has 3 aliphatic rings. The van der Waals surface area contributed by atoms with E-state index < -0.39 is 28.9 Å². The van der Waals surface area contributed by atoms with E-state index >= 15 is 4.39 Å². The van der Waals surface area contributed by atoms with Crippen LogP contribution in [-0.4, -0.2) is 87.4 Å². The van der Waals surface area contributed by atoms with Gasteiger partial charge in [0.15, 0.2) is 5.82 Å². The van der Waals surface area contributed by atoms with E-state index in [1.165, 1.54) is 12.3 Å². The smallest absolute Gasteiger partial charge is 0.410 e. The summed E-state index contributed by atoms with van der Waals surface area (Å²) >= 11 is 0. The monoisotopic (exact) mass is 698 g/mol. The van der Waals surface area contributed by atoms with Crippen molar-refractivity contribution in [1.82, 2.24) is 24.8 Å². The molecule has 0 aliphatic carbocycles. The van der Waals surface area contributed by atoms with Crippen molar-refractivity contribution in [2.75, 3.05) is 38.2 Å². The Balaban J connectivity index is 1.32. The summed E-state index contributed by atoms with van der Waals surface area (Å²) in [6, 6.07) is 7.54. The van der Waals surface area contributed by atoms with Crippen molar-refractivity contribution < 1.29 is 27.4 Å². The molecule has 7 rings (SSSR count).